The Labute approximate surface area is 166 Å². The summed E-state index contributed by atoms with van der Waals surface area (Å²) in [7, 11) is 0. The van der Waals surface area contributed by atoms with Crippen molar-refractivity contribution in [2.45, 2.75) is 26.7 Å². The fourth-order valence-corrected chi connectivity index (χ4v) is 3.82. The van der Waals surface area contributed by atoms with Crippen LogP contribution in [-0.2, 0) is 0 Å². The average Bonchev–Trinajstić information content (AvgIpc) is 3.26. The highest BCUT2D eigenvalue weighted by atomic mass is 16.2. The normalized spacial score (nSPS) is 17.1. The van der Waals surface area contributed by atoms with Crippen molar-refractivity contribution in [2.75, 3.05) is 54.4 Å². The molecule has 2 aliphatic heterocycles. The summed E-state index contributed by atoms with van der Waals surface area (Å²) in [4.78, 5) is 19.0. The van der Waals surface area contributed by atoms with Gasteiger partial charge in [-0.15, -0.1) is 10.2 Å². The van der Waals surface area contributed by atoms with Crippen LogP contribution in [0.5, 0.6) is 0 Å². The molecule has 0 bridgehead atoms. The molecule has 0 saturated carbocycles. The lowest BCUT2D eigenvalue weighted by Gasteiger charge is -2.35. The number of nitrogens with one attached hydrogen (secondary N) is 1. The van der Waals surface area contributed by atoms with Gasteiger partial charge in [-0.1, -0.05) is 12.1 Å². The van der Waals surface area contributed by atoms with Crippen LogP contribution in [0.1, 0.15) is 24.0 Å². The number of carbonyl (C=O) groups is 1. The predicted octanol–water partition coefficient (Wildman–Crippen LogP) is 3.05. The topological polar surface area (TPSA) is 64.6 Å². The Bertz CT molecular complexity index is 823. The summed E-state index contributed by atoms with van der Waals surface area (Å²) in [5.74, 6) is 1.85. The number of anilines is 3. The van der Waals surface area contributed by atoms with Crippen molar-refractivity contribution in [1.29, 1.82) is 0 Å². The Morgan fingerprint density at radius 1 is 0.857 bits per heavy atom. The van der Waals surface area contributed by atoms with Crippen LogP contribution in [0, 0.1) is 13.8 Å². The lowest BCUT2D eigenvalue weighted by molar-refractivity contribution is 0.208. The molecule has 1 aromatic carbocycles. The fraction of sp³-hybridized carbons (Fsp3) is 0.476. The van der Waals surface area contributed by atoms with Crippen LogP contribution >= 0.6 is 0 Å². The minimum Gasteiger partial charge on any atom is -0.355 e. The van der Waals surface area contributed by atoms with Crippen molar-refractivity contribution >= 4 is 23.4 Å². The standard InChI is InChI=1S/C21H28N6O/c1-16-6-5-7-18(17(16)2)22-21(28)27-14-12-26(13-15-27)20-9-8-19(23-24-20)25-10-3-4-11-25/h5-9H,3-4,10-15H2,1-2H3,(H,22,28). The van der Waals surface area contributed by atoms with Crippen LogP contribution < -0.4 is 15.1 Å². The van der Waals surface area contributed by atoms with Crippen LogP contribution in [0.2, 0.25) is 0 Å². The van der Waals surface area contributed by atoms with Gasteiger partial charge >= 0.3 is 6.03 Å². The van der Waals surface area contributed by atoms with Gasteiger partial charge < -0.3 is 20.0 Å². The van der Waals surface area contributed by atoms with Crippen molar-refractivity contribution in [3.63, 3.8) is 0 Å². The smallest absolute Gasteiger partial charge is 0.321 e. The molecular weight excluding hydrogens is 352 g/mol. The van der Waals surface area contributed by atoms with Crippen LogP contribution in [0.4, 0.5) is 22.1 Å². The second-order valence-electron chi connectivity index (χ2n) is 7.60. The lowest BCUT2D eigenvalue weighted by atomic mass is 10.1. The van der Waals surface area contributed by atoms with Gasteiger partial charge in [-0.05, 0) is 56.0 Å². The lowest BCUT2D eigenvalue weighted by Crippen LogP contribution is -2.50. The maximum Gasteiger partial charge on any atom is 0.321 e. The van der Waals surface area contributed by atoms with Crippen molar-refractivity contribution in [2.24, 2.45) is 0 Å². The van der Waals surface area contributed by atoms with E-state index in [1.54, 1.807) is 0 Å². The number of rotatable bonds is 3. The Kier molecular flexibility index (Phi) is 5.32. The molecule has 1 N–H and O–H groups in total. The van der Waals surface area contributed by atoms with E-state index in [1.807, 2.05) is 30.0 Å². The number of aromatic nitrogens is 2. The molecule has 7 nitrogen and oxygen atoms in total. The van der Waals surface area contributed by atoms with Crippen molar-refractivity contribution in [3.8, 4) is 0 Å². The van der Waals surface area contributed by atoms with Crippen LogP contribution in [0.25, 0.3) is 0 Å². The third-order valence-corrected chi connectivity index (χ3v) is 5.80. The number of urea groups is 1. The first kappa shape index (κ1) is 18.5. The first-order chi connectivity index (χ1) is 13.6. The van der Waals surface area contributed by atoms with E-state index >= 15 is 0 Å². The summed E-state index contributed by atoms with van der Waals surface area (Å²) in [5, 5.41) is 11.9. The van der Waals surface area contributed by atoms with Gasteiger partial charge in [-0.25, -0.2) is 4.79 Å². The van der Waals surface area contributed by atoms with E-state index in [0.29, 0.717) is 13.1 Å². The number of hydrogen-bond acceptors (Lipinski definition) is 5. The van der Waals surface area contributed by atoms with Crippen LogP contribution in [0.15, 0.2) is 30.3 Å². The third-order valence-electron chi connectivity index (χ3n) is 5.80. The number of amides is 2. The zero-order chi connectivity index (χ0) is 19.5. The van der Waals surface area contributed by atoms with Gasteiger partial charge in [0.05, 0.1) is 0 Å². The fourth-order valence-electron chi connectivity index (χ4n) is 3.82. The van der Waals surface area contributed by atoms with E-state index in [0.717, 1.165) is 49.1 Å². The van der Waals surface area contributed by atoms with E-state index in [1.165, 1.54) is 18.4 Å². The zero-order valence-corrected chi connectivity index (χ0v) is 16.7. The molecule has 3 heterocycles. The van der Waals surface area contributed by atoms with Crippen molar-refractivity contribution in [1.82, 2.24) is 15.1 Å². The number of carbonyl (C=O) groups excluding carboxylic acids is 1. The maximum atomic E-state index is 12.6. The summed E-state index contributed by atoms with van der Waals surface area (Å²) < 4.78 is 0. The third kappa shape index (κ3) is 3.88. The number of hydrogen-bond donors (Lipinski definition) is 1. The Morgan fingerprint density at radius 2 is 1.46 bits per heavy atom. The van der Waals surface area contributed by atoms with Gasteiger partial charge in [-0.2, -0.15) is 0 Å². The first-order valence-corrected chi connectivity index (χ1v) is 10.1. The van der Waals surface area contributed by atoms with Crippen molar-refractivity contribution in [3.05, 3.63) is 41.5 Å². The van der Waals surface area contributed by atoms with E-state index in [2.05, 4.69) is 44.4 Å². The van der Waals surface area contributed by atoms with Crippen LogP contribution in [-0.4, -0.2) is 60.4 Å². The molecule has 0 aliphatic carbocycles. The van der Waals surface area contributed by atoms with Crippen LogP contribution in [0.3, 0.4) is 0 Å². The molecule has 2 aromatic rings. The molecule has 1 aromatic heterocycles. The van der Waals surface area contributed by atoms with Gasteiger partial charge in [0.2, 0.25) is 0 Å². The van der Waals surface area contributed by atoms with Gasteiger partial charge in [0.15, 0.2) is 11.6 Å². The largest absolute Gasteiger partial charge is 0.355 e. The van der Waals surface area contributed by atoms with Crippen molar-refractivity contribution < 1.29 is 4.79 Å². The monoisotopic (exact) mass is 380 g/mol. The average molecular weight is 380 g/mol. The van der Waals surface area contributed by atoms with E-state index in [-0.39, 0.29) is 6.03 Å². The molecular formula is C21H28N6O. The highest BCUT2D eigenvalue weighted by Gasteiger charge is 2.23. The second kappa shape index (κ2) is 8.04. The predicted molar refractivity (Wildman–Crippen MR) is 112 cm³/mol. The van der Waals surface area contributed by atoms with E-state index < -0.39 is 0 Å². The molecule has 148 valence electrons. The highest BCUT2D eigenvalue weighted by Crippen LogP contribution is 2.21. The highest BCUT2D eigenvalue weighted by molar-refractivity contribution is 5.90. The second-order valence-corrected chi connectivity index (χ2v) is 7.60. The Hall–Kier alpha value is -2.83. The Balaban J connectivity index is 1.32. The molecule has 0 unspecified atom stereocenters. The first-order valence-electron chi connectivity index (χ1n) is 10.1. The molecule has 28 heavy (non-hydrogen) atoms. The SMILES string of the molecule is Cc1cccc(NC(=O)N2CCN(c3ccc(N4CCCC4)nn3)CC2)c1C. The minimum absolute atomic E-state index is 0.0381. The minimum atomic E-state index is -0.0381. The molecule has 2 amide bonds. The molecule has 2 aliphatic rings. The molecule has 0 spiro atoms. The molecule has 0 atom stereocenters. The van der Waals surface area contributed by atoms with E-state index in [9.17, 15) is 4.79 Å². The maximum absolute atomic E-state index is 12.6. The van der Waals surface area contributed by atoms with Gasteiger partial charge in [-0.3, -0.25) is 0 Å². The van der Waals surface area contributed by atoms with Gasteiger partial charge in [0.1, 0.15) is 0 Å². The summed E-state index contributed by atoms with van der Waals surface area (Å²) >= 11 is 0. The molecule has 4 rings (SSSR count). The van der Waals surface area contributed by atoms with E-state index in [4.69, 9.17) is 0 Å². The zero-order valence-electron chi connectivity index (χ0n) is 16.7. The number of piperazine rings is 1. The summed E-state index contributed by atoms with van der Waals surface area (Å²) in [6.07, 6.45) is 2.46. The quantitative estimate of drug-likeness (QED) is 0.887. The molecule has 2 saturated heterocycles. The Morgan fingerprint density at radius 3 is 2.07 bits per heavy atom. The summed E-state index contributed by atoms with van der Waals surface area (Å²) in [5.41, 5.74) is 3.18. The molecule has 7 heteroatoms. The summed E-state index contributed by atoms with van der Waals surface area (Å²) in [6.45, 7) is 9.10. The number of aryl methyl sites for hydroxylation is 1. The number of benzene rings is 1. The molecule has 0 radical (unpaired) electrons. The van der Waals surface area contributed by atoms with Gasteiger partial charge in [0, 0.05) is 45.0 Å². The molecule has 2 fully saturated rings. The number of nitrogens with zero attached hydrogens (tertiary/aromatic N) is 5. The van der Waals surface area contributed by atoms with Gasteiger partial charge in [0.25, 0.3) is 0 Å². The summed E-state index contributed by atoms with van der Waals surface area (Å²) in [6, 6.07) is 10.1.